The number of carbonyl (C=O) groups is 1. The average Bonchev–Trinajstić information content (AvgIpc) is 3.08. The molecule has 0 aliphatic rings. The van der Waals surface area contributed by atoms with Gasteiger partial charge in [0.2, 0.25) is 0 Å². The third-order valence-electron chi connectivity index (χ3n) is 3.92. The summed E-state index contributed by atoms with van der Waals surface area (Å²) >= 11 is 0. The standard InChI is InChI=1S/C19H18N2O4/c1-21(12-15(22)13-8-4-2-5-9-13)18-16(19(23)24)17(25-20-18)14-10-6-3-7-11-14/h2-11,15,22H,12H2,1H3,(H,23,24). The predicted octanol–water partition coefficient (Wildman–Crippen LogP) is 3.21. The molecule has 0 amide bonds. The van der Waals surface area contributed by atoms with Crippen molar-refractivity contribution in [2.24, 2.45) is 0 Å². The molecule has 0 aliphatic heterocycles. The van der Waals surface area contributed by atoms with E-state index in [0.717, 1.165) is 5.56 Å². The van der Waals surface area contributed by atoms with E-state index >= 15 is 0 Å². The largest absolute Gasteiger partial charge is 0.477 e. The van der Waals surface area contributed by atoms with Crippen LogP contribution in [0.25, 0.3) is 11.3 Å². The van der Waals surface area contributed by atoms with Gasteiger partial charge in [-0.15, -0.1) is 0 Å². The van der Waals surface area contributed by atoms with Crippen LogP contribution in [0.1, 0.15) is 22.0 Å². The minimum absolute atomic E-state index is 0.0195. The maximum absolute atomic E-state index is 11.7. The number of likely N-dealkylation sites (N-methyl/N-ethyl adjacent to an activating group) is 1. The topological polar surface area (TPSA) is 86.8 Å². The molecule has 0 saturated heterocycles. The van der Waals surface area contributed by atoms with Crippen LogP contribution in [0.5, 0.6) is 0 Å². The van der Waals surface area contributed by atoms with Crippen LogP contribution in [-0.4, -0.2) is 34.9 Å². The van der Waals surface area contributed by atoms with Crippen LogP contribution in [0.3, 0.4) is 0 Å². The highest BCUT2D eigenvalue weighted by Crippen LogP contribution is 2.31. The lowest BCUT2D eigenvalue weighted by atomic mass is 10.1. The molecule has 25 heavy (non-hydrogen) atoms. The molecule has 1 atom stereocenters. The van der Waals surface area contributed by atoms with Crippen LogP contribution in [0.2, 0.25) is 0 Å². The number of aromatic carboxylic acids is 1. The molecule has 0 spiro atoms. The maximum atomic E-state index is 11.7. The molecule has 3 aromatic rings. The number of hydrogen-bond acceptors (Lipinski definition) is 5. The van der Waals surface area contributed by atoms with E-state index in [1.54, 1.807) is 36.2 Å². The van der Waals surface area contributed by atoms with E-state index in [0.29, 0.717) is 5.56 Å². The van der Waals surface area contributed by atoms with Gasteiger partial charge in [-0.1, -0.05) is 65.8 Å². The first-order valence-electron chi connectivity index (χ1n) is 7.80. The lowest BCUT2D eigenvalue weighted by molar-refractivity contribution is 0.0697. The highest BCUT2D eigenvalue weighted by atomic mass is 16.5. The smallest absolute Gasteiger partial charge is 0.343 e. The number of rotatable bonds is 6. The number of carboxylic acids is 1. The summed E-state index contributed by atoms with van der Waals surface area (Å²) in [6.07, 6.45) is -0.773. The van der Waals surface area contributed by atoms with Crippen LogP contribution in [0, 0.1) is 0 Å². The summed E-state index contributed by atoms with van der Waals surface area (Å²) in [7, 11) is 1.67. The molecule has 128 valence electrons. The molecular formula is C19H18N2O4. The lowest BCUT2D eigenvalue weighted by Crippen LogP contribution is -2.26. The SMILES string of the molecule is CN(CC(O)c1ccccc1)c1noc(-c2ccccc2)c1C(=O)O. The molecule has 0 saturated carbocycles. The fourth-order valence-corrected chi connectivity index (χ4v) is 2.65. The number of nitrogens with zero attached hydrogens (tertiary/aromatic N) is 2. The number of anilines is 1. The Morgan fingerprint density at radius 2 is 1.72 bits per heavy atom. The molecule has 0 radical (unpaired) electrons. The Labute approximate surface area is 144 Å². The van der Waals surface area contributed by atoms with E-state index < -0.39 is 12.1 Å². The molecule has 3 rings (SSSR count). The number of aliphatic hydroxyl groups is 1. The summed E-state index contributed by atoms with van der Waals surface area (Å²) < 4.78 is 5.30. The van der Waals surface area contributed by atoms with Crippen LogP contribution >= 0.6 is 0 Å². The van der Waals surface area contributed by atoms with Gasteiger partial charge >= 0.3 is 5.97 Å². The monoisotopic (exact) mass is 338 g/mol. The molecule has 0 fully saturated rings. The second kappa shape index (κ2) is 7.19. The minimum Gasteiger partial charge on any atom is -0.477 e. The summed E-state index contributed by atoms with van der Waals surface area (Å²) in [4.78, 5) is 13.3. The van der Waals surface area contributed by atoms with Crippen molar-refractivity contribution < 1.29 is 19.5 Å². The first-order chi connectivity index (χ1) is 12.1. The molecule has 2 aromatic carbocycles. The van der Waals surface area contributed by atoms with Crippen LogP contribution in [-0.2, 0) is 0 Å². The van der Waals surface area contributed by atoms with Crippen molar-refractivity contribution >= 4 is 11.8 Å². The zero-order valence-electron chi connectivity index (χ0n) is 13.7. The van der Waals surface area contributed by atoms with Crippen molar-refractivity contribution in [3.63, 3.8) is 0 Å². The number of aromatic nitrogens is 1. The van der Waals surface area contributed by atoms with Crippen molar-refractivity contribution in [2.75, 3.05) is 18.5 Å². The molecule has 1 heterocycles. The van der Waals surface area contributed by atoms with Gasteiger partial charge in [0.1, 0.15) is 0 Å². The molecule has 0 aliphatic carbocycles. The number of aliphatic hydroxyl groups excluding tert-OH is 1. The first-order valence-corrected chi connectivity index (χ1v) is 7.80. The van der Waals surface area contributed by atoms with Gasteiger partial charge in [0.15, 0.2) is 17.1 Å². The van der Waals surface area contributed by atoms with Crippen molar-refractivity contribution in [3.8, 4) is 11.3 Å². The Hall–Kier alpha value is -3.12. The van der Waals surface area contributed by atoms with Crippen LogP contribution in [0.15, 0.2) is 65.2 Å². The van der Waals surface area contributed by atoms with Gasteiger partial charge < -0.3 is 19.6 Å². The lowest BCUT2D eigenvalue weighted by Gasteiger charge is -2.20. The minimum atomic E-state index is -1.13. The van der Waals surface area contributed by atoms with Crippen molar-refractivity contribution in [1.82, 2.24) is 5.16 Å². The van der Waals surface area contributed by atoms with Gasteiger partial charge in [0, 0.05) is 19.2 Å². The number of benzene rings is 2. The van der Waals surface area contributed by atoms with Gasteiger partial charge in [-0.25, -0.2) is 4.79 Å². The highest BCUT2D eigenvalue weighted by molar-refractivity contribution is 5.99. The molecular weight excluding hydrogens is 320 g/mol. The second-order valence-electron chi connectivity index (χ2n) is 5.69. The summed E-state index contributed by atoms with van der Waals surface area (Å²) in [5.41, 5.74) is 1.36. The van der Waals surface area contributed by atoms with Crippen molar-refractivity contribution in [1.29, 1.82) is 0 Å². The van der Waals surface area contributed by atoms with Gasteiger partial charge in [0.05, 0.1) is 6.10 Å². The van der Waals surface area contributed by atoms with Crippen molar-refractivity contribution in [3.05, 3.63) is 71.8 Å². The number of hydrogen-bond donors (Lipinski definition) is 2. The third-order valence-corrected chi connectivity index (χ3v) is 3.92. The number of carboxylic acid groups (broad SMARTS) is 1. The predicted molar refractivity (Wildman–Crippen MR) is 93.6 cm³/mol. The molecule has 6 nitrogen and oxygen atoms in total. The molecule has 1 unspecified atom stereocenters. The maximum Gasteiger partial charge on any atom is 0.343 e. The molecule has 2 N–H and O–H groups in total. The van der Waals surface area contributed by atoms with Gasteiger partial charge in [-0.2, -0.15) is 0 Å². The quantitative estimate of drug-likeness (QED) is 0.718. The fourth-order valence-electron chi connectivity index (χ4n) is 2.65. The summed E-state index contributed by atoms with van der Waals surface area (Å²) in [5, 5.41) is 23.9. The van der Waals surface area contributed by atoms with E-state index in [1.807, 2.05) is 36.4 Å². The zero-order valence-corrected chi connectivity index (χ0v) is 13.7. The van der Waals surface area contributed by atoms with Crippen LogP contribution < -0.4 is 4.90 Å². The average molecular weight is 338 g/mol. The Morgan fingerprint density at radius 3 is 2.32 bits per heavy atom. The van der Waals surface area contributed by atoms with Gasteiger partial charge in [-0.3, -0.25) is 0 Å². The normalized spacial score (nSPS) is 11.9. The van der Waals surface area contributed by atoms with Crippen molar-refractivity contribution in [2.45, 2.75) is 6.10 Å². The highest BCUT2D eigenvalue weighted by Gasteiger charge is 2.27. The van der Waals surface area contributed by atoms with E-state index in [2.05, 4.69) is 5.16 Å². The first kappa shape index (κ1) is 16.7. The third kappa shape index (κ3) is 3.54. The van der Waals surface area contributed by atoms with Crippen LogP contribution in [0.4, 0.5) is 5.82 Å². The molecule has 6 heteroatoms. The fraction of sp³-hybridized carbons (Fsp3) is 0.158. The van der Waals surface area contributed by atoms with Gasteiger partial charge in [0.25, 0.3) is 0 Å². The summed E-state index contributed by atoms with van der Waals surface area (Å²) in [6, 6.07) is 18.1. The summed E-state index contributed by atoms with van der Waals surface area (Å²) in [5.74, 6) is -0.748. The molecule has 1 aromatic heterocycles. The molecule has 0 bridgehead atoms. The van der Waals surface area contributed by atoms with E-state index in [4.69, 9.17) is 4.52 Å². The summed E-state index contributed by atoms with van der Waals surface area (Å²) in [6.45, 7) is 0.186. The zero-order chi connectivity index (χ0) is 17.8. The van der Waals surface area contributed by atoms with E-state index in [9.17, 15) is 15.0 Å². The Kier molecular flexibility index (Phi) is 4.81. The Bertz CT molecular complexity index is 846. The van der Waals surface area contributed by atoms with E-state index in [1.165, 1.54) is 0 Å². The second-order valence-corrected chi connectivity index (χ2v) is 5.69. The Morgan fingerprint density at radius 1 is 1.12 bits per heavy atom. The Balaban J connectivity index is 1.89. The van der Waals surface area contributed by atoms with Gasteiger partial charge in [-0.05, 0) is 5.56 Å². The van der Waals surface area contributed by atoms with E-state index in [-0.39, 0.29) is 23.7 Å².